The van der Waals surface area contributed by atoms with E-state index in [-0.39, 0.29) is 6.04 Å². The summed E-state index contributed by atoms with van der Waals surface area (Å²) < 4.78 is 0. The highest BCUT2D eigenvalue weighted by Gasteiger charge is 2.10. The lowest BCUT2D eigenvalue weighted by atomic mass is 10.0. The minimum atomic E-state index is 0.154. The van der Waals surface area contributed by atoms with Crippen LogP contribution < -0.4 is 10.6 Å². The minimum absolute atomic E-state index is 0.154. The number of hydrogen-bond acceptors (Lipinski definition) is 2. The molecule has 0 unspecified atom stereocenters. The van der Waals surface area contributed by atoms with E-state index in [1.165, 1.54) is 27.1 Å². The number of anilines is 1. The van der Waals surface area contributed by atoms with Crippen LogP contribution in [0.15, 0.2) is 77.7 Å². The third kappa shape index (κ3) is 5.85. The molecule has 3 rings (SSSR count). The van der Waals surface area contributed by atoms with Crippen molar-refractivity contribution in [2.24, 2.45) is 0 Å². The molecule has 0 spiro atoms. The molecule has 0 amide bonds. The average Bonchev–Trinajstić information content (AvgIpc) is 2.70. The predicted molar refractivity (Wildman–Crippen MR) is 126 cm³/mol. The molecule has 4 heteroatoms. The van der Waals surface area contributed by atoms with Crippen molar-refractivity contribution in [3.8, 4) is 0 Å². The lowest BCUT2D eigenvalue weighted by Gasteiger charge is -2.20. The number of nitrogens with one attached hydrogen (secondary N) is 2. The fraction of sp³-hybridized carbons (Fsp3) is 0.208. The quantitative estimate of drug-likeness (QED) is 0.354. The maximum Gasteiger partial charge on any atom is 0.171 e. The first-order chi connectivity index (χ1) is 13.5. The number of rotatable bonds is 6. The predicted octanol–water partition coefficient (Wildman–Crippen LogP) is 6.64. The summed E-state index contributed by atoms with van der Waals surface area (Å²) in [5, 5.41) is 7.32. The van der Waals surface area contributed by atoms with E-state index < -0.39 is 0 Å². The summed E-state index contributed by atoms with van der Waals surface area (Å²) in [7, 11) is 0. The molecule has 2 nitrogen and oxygen atoms in total. The number of aryl methyl sites for hydroxylation is 2. The van der Waals surface area contributed by atoms with Crippen molar-refractivity contribution in [2.45, 2.75) is 37.5 Å². The van der Waals surface area contributed by atoms with Crippen LogP contribution in [0.2, 0.25) is 0 Å². The molecule has 0 aliphatic carbocycles. The molecule has 0 aliphatic rings. The molecule has 0 aromatic heterocycles. The molecule has 0 aliphatic heterocycles. The van der Waals surface area contributed by atoms with Gasteiger partial charge >= 0.3 is 0 Å². The Morgan fingerprint density at radius 1 is 0.964 bits per heavy atom. The smallest absolute Gasteiger partial charge is 0.171 e. The number of thiocarbonyl (C=S) groups is 1. The summed E-state index contributed by atoms with van der Waals surface area (Å²) in [5.74, 6) is 0.955. The second-order valence-corrected chi connectivity index (χ2v) is 8.44. The molecular weight excluding hydrogens is 380 g/mol. The molecule has 144 valence electrons. The first-order valence-corrected chi connectivity index (χ1v) is 10.8. The molecule has 3 aromatic rings. The topological polar surface area (TPSA) is 24.1 Å². The van der Waals surface area contributed by atoms with Gasteiger partial charge in [0, 0.05) is 16.3 Å². The zero-order valence-electron chi connectivity index (χ0n) is 16.5. The van der Waals surface area contributed by atoms with Gasteiger partial charge in [0.25, 0.3) is 0 Å². The van der Waals surface area contributed by atoms with Gasteiger partial charge in [-0.25, -0.2) is 0 Å². The Morgan fingerprint density at radius 2 is 1.68 bits per heavy atom. The molecule has 0 fully saturated rings. The van der Waals surface area contributed by atoms with Crippen molar-refractivity contribution in [1.29, 1.82) is 0 Å². The molecule has 1 atom stereocenters. The maximum absolute atomic E-state index is 5.51. The van der Waals surface area contributed by atoms with Crippen LogP contribution in [0.5, 0.6) is 0 Å². The Bertz CT molecular complexity index is 921. The van der Waals surface area contributed by atoms with Crippen LogP contribution >= 0.6 is 24.0 Å². The van der Waals surface area contributed by atoms with Gasteiger partial charge in [-0.05, 0) is 73.9 Å². The molecule has 3 aromatic carbocycles. The van der Waals surface area contributed by atoms with Crippen molar-refractivity contribution in [2.75, 3.05) is 5.32 Å². The number of thioether (sulfide) groups is 1. The monoisotopic (exact) mass is 406 g/mol. The van der Waals surface area contributed by atoms with E-state index in [0.29, 0.717) is 5.11 Å². The average molecular weight is 407 g/mol. The molecule has 0 saturated carbocycles. The first-order valence-electron chi connectivity index (χ1n) is 9.43. The van der Waals surface area contributed by atoms with Gasteiger partial charge in [-0.3, -0.25) is 0 Å². The summed E-state index contributed by atoms with van der Waals surface area (Å²) in [6.45, 7) is 6.39. The van der Waals surface area contributed by atoms with E-state index in [2.05, 4.69) is 98.1 Å². The van der Waals surface area contributed by atoms with Gasteiger partial charge in [-0.15, -0.1) is 11.8 Å². The molecule has 0 radical (unpaired) electrons. The Balaban J connectivity index is 1.53. The fourth-order valence-electron chi connectivity index (χ4n) is 3.04. The van der Waals surface area contributed by atoms with Gasteiger partial charge in [-0.1, -0.05) is 54.1 Å². The molecule has 2 N–H and O–H groups in total. The van der Waals surface area contributed by atoms with Crippen molar-refractivity contribution >= 4 is 34.8 Å². The zero-order valence-corrected chi connectivity index (χ0v) is 18.2. The number of benzene rings is 3. The van der Waals surface area contributed by atoms with E-state index in [9.17, 15) is 0 Å². The summed E-state index contributed by atoms with van der Waals surface area (Å²) in [6.07, 6.45) is 0. The fourth-order valence-corrected chi connectivity index (χ4v) is 4.21. The Morgan fingerprint density at radius 3 is 2.39 bits per heavy atom. The second kappa shape index (κ2) is 9.76. The van der Waals surface area contributed by atoms with Gasteiger partial charge in [0.15, 0.2) is 5.11 Å². The Labute approximate surface area is 177 Å². The van der Waals surface area contributed by atoms with Crippen molar-refractivity contribution in [1.82, 2.24) is 5.32 Å². The van der Waals surface area contributed by atoms with E-state index >= 15 is 0 Å². The van der Waals surface area contributed by atoms with E-state index in [1.54, 1.807) is 0 Å². The van der Waals surface area contributed by atoms with Crippen molar-refractivity contribution < 1.29 is 0 Å². The molecular formula is C24H26N2S2. The molecule has 0 bridgehead atoms. The Kier molecular flexibility index (Phi) is 7.12. The van der Waals surface area contributed by atoms with E-state index in [4.69, 9.17) is 12.2 Å². The van der Waals surface area contributed by atoms with Crippen molar-refractivity contribution in [3.63, 3.8) is 0 Å². The lowest BCUT2D eigenvalue weighted by Crippen LogP contribution is -2.31. The standard InChI is InChI=1S/C24H26N2S2/c1-17-9-10-18(2)23(15-17)19(3)25-24(27)26-21-13-11-20(12-14-21)16-28-22-7-5-4-6-8-22/h4-15,19H,16H2,1-3H3,(H2,25,26,27)/t19-/m1/s1. The third-order valence-corrected chi connectivity index (χ3v) is 5.91. The normalized spacial score (nSPS) is 11.7. The van der Waals surface area contributed by atoms with Gasteiger partial charge in [0.1, 0.15) is 0 Å². The highest BCUT2D eigenvalue weighted by molar-refractivity contribution is 7.98. The van der Waals surface area contributed by atoms with Crippen LogP contribution in [0, 0.1) is 13.8 Å². The first kappa shape index (κ1) is 20.4. The second-order valence-electron chi connectivity index (χ2n) is 6.98. The van der Waals surface area contributed by atoms with Gasteiger partial charge < -0.3 is 10.6 Å². The van der Waals surface area contributed by atoms with E-state index in [0.717, 1.165) is 11.4 Å². The van der Waals surface area contributed by atoms with Crippen LogP contribution in [-0.2, 0) is 5.75 Å². The van der Waals surface area contributed by atoms with Crippen LogP contribution in [0.3, 0.4) is 0 Å². The lowest BCUT2D eigenvalue weighted by molar-refractivity contribution is 0.716. The van der Waals surface area contributed by atoms with Crippen LogP contribution in [0.4, 0.5) is 5.69 Å². The van der Waals surface area contributed by atoms with Crippen LogP contribution in [0.25, 0.3) is 0 Å². The molecule has 0 heterocycles. The summed E-state index contributed by atoms with van der Waals surface area (Å²) >= 11 is 7.35. The van der Waals surface area contributed by atoms with Crippen LogP contribution in [-0.4, -0.2) is 5.11 Å². The third-order valence-electron chi connectivity index (χ3n) is 4.61. The van der Waals surface area contributed by atoms with E-state index in [1.807, 2.05) is 17.8 Å². The SMILES string of the molecule is Cc1ccc(C)c([C@@H](C)NC(=S)Nc2ccc(CSc3ccccc3)cc2)c1. The highest BCUT2D eigenvalue weighted by Crippen LogP contribution is 2.23. The zero-order chi connectivity index (χ0) is 19.9. The maximum atomic E-state index is 5.51. The number of hydrogen-bond donors (Lipinski definition) is 2. The molecule has 28 heavy (non-hydrogen) atoms. The van der Waals surface area contributed by atoms with Crippen LogP contribution in [0.1, 0.15) is 35.2 Å². The molecule has 0 saturated heterocycles. The highest BCUT2D eigenvalue weighted by atomic mass is 32.2. The largest absolute Gasteiger partial charge is 0.356 e. The van der Waals surface area contributed by atoms with Gasteiger partial charge in [-0.2, -0.15) is 0 Å². The summed E-state index contributed by atoms with van der Waals surface area (Å²) in [6, 6.07) is 25.6. The van der Waals surface area contributed by atoms with Gasteiger partial charge in [0.05, 0.1) is 6.04 Å². The van der Waals surface area contributed by atoms with Crippen molar-refractivity contribution in [3.05, 3.63) is 95.1 Å². The minimum Gasteiger partial charge on any atom is -0.356 e. The Hall–Kier alpha value is -2.30. The summed E-state index contributed by atoms with van der Waals surface area (Å²) in [4.78, 5) is 1.29. The summed E-state index contributed by atoms with van der Waals surface area (Å²) in [5.41, 5.74) is 6.10. The van der Waals surface area contributed by atoms with Gasteiger partial charge in [0.2, 0.25) is 0 Å².